The van der Waals surface area contributed by atoms with Crippen LogP contribution < -0.4 is 10.6 Å². The van der Waals surface area contributed by atoms with Crippen LogP contribution in [0.3, 0.4) is 0 Å². The van der Waals surface area contributed by atoms with E-state index in [1.54, 1.807) is 24.4 Å². The molecule has 204 valence electrons. The molecule has 0 saturated carbocycles. The molecule has 2 aromatic carbocycles. The number of amides is 2. The molecule has 0 radical (unpaired) electrons. The van der Waals surface area contributed by atoms with E-state index in [1.165, 1.54) is 21.9 Å². The lowest BCUT2D eigenvalue weighted by Crippen LogP contribution is -2.30. The minimum absolute atomic E-state index is 0.239. The number of hydrogen-bond acceptors (Lipinski definition) is 7. The van der Waals surface area contributed by atoms with Crippen LogP contribution in [0.1, 0.15) is 37.1 Å². The van der Waals surface area contributed by atoms with Gasteiger partial charge >= 0.3 is 0 Å². The Morgan fingerprint density at radius 1 is 1.00 bits per heavy atom. The third kappa shape index (κ3) is 4.96. The highest BCUT2D eigenvalue weighted by atomic mass is 32.1. The van der Waals surface area contributed by atoms with E-state index in [0.29, 0.717) is 21.7 Å². The van der Waals surface area contributed by atoms with Gasteiger partial charge in [-0.3, -0.25) is 30.1 Å². The molecule has 3 N–H and O–H groups in total. The van der Waals surface area contributed by atoms with Crippen LogP contribution in [0.2, 0.25) is 0 Å². The molecule has 0 bridgehead atoms. The number of benzene rings is 2. The van der Waals surface area contributed by atoms with Gasteiger partial charge in [-0.15, -0.1) is 11.3 Å². The van der Waals surface area contributed by atoms with Gasteiger partial charge in [0.1, 0.15) is 11.2 Å². The number of rotatable bonds is 6. The highest BCUT2D eigenvalue weighted by Crippen LogP contribution is 2.30. The van der Waals surface area contributed by atoms with Gasteiger partial charge in [0.15, 0.2) is 5.13 Å². The highest BCUT2D eigenvalue weighted by molar-refractivity contribution is 7.15. The molecule has 41 heavy (non-hydrogen) atoms. The van der Waals surface area contributed by atoms with Gasteiger partial charge < -0.3 is 9.55 Å². The summed E-state index contributed by atoms with van der Waals surface area (Å²) >= 11 is 1.51. The third-order valence-corrected chi connectivity index (χ3v) is 8.32. The topological polar surface area (TPSA) is 121 Å². The Bertz CT molecular complexity index is 1940. The summed E-state index contributed by atoms with van der Waals surface area (Å²) in [5.74, 6) is -0.457. The zero-order valence-corrected chi connectivity index (χ0v) is 23.0. The van der Waals surface area contributed by atoms with Gasteiger partial charge in [-0.1, -0.05) is 30.3 Å². The molecule has 0 atom stereocenters. The summed E-state index contributed by atoms with van der Waals surface area (Å²) < 4.78 is 2.14. The number of nitrogens with zero attached hydrogens (tertiary/aromatic N) is 5. The van der Waals surface area contributed by atoms with Gasteiger partial charge in [0.05, 0.1) is 16.8 Å². The van der Waals surface area contributed by atoms with Gasteiger partial charge in [-0.2, -0.15) is 0 Å². The van der Waals surface area contributed by atoms with E-state index in [2.05, 4.69) is 60.4 Å². The molecule has 0 fully saturated rings. The van der Waals surface area contributed by atoms with Crippen molar-refractivity contribution in [3.63, 3.8) is 0 Å². The summed E-state index contributed by atoms with van der Waals surface area (Å²) in [6.45, 7) is 2.60. The van der Waals surface area contributed by atoms with Crippen molar-refractivity contribution in [3.05, 3.63) is 101 Å². The number of aromatic amines is 1. The average Bonchev–Trinajstić information content (AvgIpc) is 3.70. The maximum absolute atomic E-state index is 13.3. The van der Waals surface area contributed by atoms with Crippen molar-refractivity contribution in [3.8, 4) is 0 Å². The fraction of sp³-hybridized carbons (Fsp3) is 0.167. The van der Waals surface area contributed by atoms with E-state index < -0.39 is 5.91 Å². The third-order valence-electron chi connectivity index (χ3n) is 7.32. The van der Waals surface area contributed by atoms with E-state index in [-0.39, 0.29) is 17.5 Å². The monoisotopic (exact) mass is 562 g/mol. The first-order valence-electron chi connectivity index (χ1n) is 13.3. The molecule has 6 aromatic rings. The van der Waals surface area contributed by atoms with Crippen LogP contribution in [0, 0.1) is 0 Å². The van der Waals surface area contributed by atoms with Crippen LogP contribution in [-0.2, 0) is 26.6 Å². The molecule has 11 heteroatoms. The fourth-order valence-electron chi connectivity index (χ4n) is 5.14. The van der Waals surface area contributed by atoms with Crippen molar-refractivity contribution < 1.29 is 9.59 Å². The minimum atomic E-state index is -0.393. The molecule has 0 aliphatic carbocycles. The summed E-state index contributed by atoms with van der Waals surface area (Å²) in [4.78, 5) is 46.4. The van der Waals surface area contributed by atoms with Crippen LogP contribution in [0.25, 0.3) is 21.8 Å². The fourth-order valence-corrected chi connectivity index (χ4v) is 6.19. The molecular formula is C30H26N8O2S. The SMILES string of the molecule is Cn1cccc1CN1CCc2nc(NC(=O)c3cccc4[nH]c(NC(=O)c5cc6ccccc6cn5)nc34)sc2C1. The summed E-state index contributed by atoms with van der Waals surface area (Å²) in [6.07, 6.45) is 4.57. The molecular weight excluding hydrogens is 536 g/mol. The number of aryl methyl sites for hydroxylation is 1. The molecule has 1 aliphatic heterocycles. The van der Waals surface area contributed by atoms with Crippen LogP contribution in [-0.4, -0.2) is 47.8 Å². The number of carbonyl (C=O) groups excluding carboxylic acids is 2. The lowest BCUT2D eigenvalue weighted by atomic mass is 10.1. The summed E-state index contributed by atoms with van der Waals surface area (Å²) in [5, 5.41) is 8.18. The number of hydrogen-bond donors (Lipinski definition) is 3. The zero-order valence-electron chi connectivity index (χ0n) is 22.2. The molecule has 5 heterocycles. The Kier molecular flexibility index (Phi) is 6.29. The maximum atomic E-state index is 13.3. The van der Waals surface area contributed by atoms with E-state index in [0.717, 1.165) is 42.5 Å². The van der Waals surface area contributed by atoms with Gasteiger partial charge in [-0.05, 0) is 35.7 Å². The van der Waals surface area contributed by atoms with Gasteiger partial charge in [-0.25, -0.2) is 9.97 Å². The van der Waals surface area contributed by atoms with Crippen molar-refractivity contribution in [2.75, 3.05) is 17.2 Å². The van der Waals surface area contributed by atoms with E-state index in [9.17, 15) is 9.59 Å². The Labute approximate surface area is 239 Å². The van der Waals surface area contributed by atoms with Crippen LogP contribution in [0.5, 0.6) is 0 Å². The minimum Gasteiger partial charge on any atom is -0.353 e. The van der Waals surface area contributed by atoms with Gasteiger partial charge in [0, 0.05) is 61.5 Å². The van der Waals surface area contributed by atoms with E-state index >= 15 is 0 Å². The van der Waals surface area contributed by atoms with Crippen LogP contribution in [0.4, 0.5) is 11.1 Å². The Morgan fingerprint density at radius 2 is 1.88 bits per heavy atom. The lowest BCUT2D eigenvalue weighted by Gasteiger charge is -2.25. The smallest absolute Gasteiger partial charge is 0.276 e. The Morgan fingerprint density at radius 3 is 2.73 bits per heavy atom. The quantitative estimate of drug-likeness (QED) is 0.264. The summed E-state index contributed by atoms with van der Waals surface area (Å²) in [5.41, 5.74) is 4.07. The number of carbonyl (C=O) groups is 2. The van der Waals surface area contributed by atoms with Crippen molar-refractivity contribution in [1.29, 1.82) is 0 Å². The molecule has 0 unspecified atom stereocenters. The first-order valence-corrected chi connectivity index (χ1v) is 14.1. The first-order chi connectivity index (χ1) is 20.0. The predicted molar refractivity (Wildman–Crippen MR) is 159 cm³/mol. The number of thiazole rings is 1. The maximum Gasteiger partial charge on any atom is 0.276 e. The van der Waals surface area contributed by atoms with Crippen molar-refractivity contribution in [1.82, 2.24) is 29.4 Å². The number of fused-ring (bicyclic) bond motifs is 3. The second-order valence-electron chi connectivity index (χ2n) is 10.1. The normalized spacial score (nSPS) is 13.4. The number of H-pyrrole nitrogens is 1. The number of pyridine rings is 1. The molecule has 4 aromatic heterocycles. The summed E-state index contributed by atoms with van der Waals surface area (Å²) in [6, 6.07) is 19.0. The van der Waals surface area contributed by atoms with Crippen molar-refractivity contribution in [2.24, 2.45) is 7.05 Å². The largest absolute Gasteiger partial charge is 0.353 e. The number of nitrogens with one attached hydrogen (secondary N) is 3. The first kappa shape index (κ1) is 25.1. The lowest BCUT2D eigenvalue weighted by molar-refractivity contribution is 0.101. The second-order valence-corrected chi connectivity index (χ2v) is 11.2. The molecule has 0 saturated heterocycles. The van der Waals surface area contributed by atoms with E-state index in [4.69, 9.17) is 4.98 Å². The zero-order chi connectivity index (χ0) is 27.9. The van der Waals surface area contributed by atoms with Crippen molar-refractivity contribution >= 4 is 56.0 Å². The standard InChI is InChI=1S/C30H26N8O2S/c1-37-12-5-8-20(37)16-38-13-11-22-25(17-38)41-30(33-22)36-27(39)21-9-4-10-23-26(21)34-29(32-23)35-28(40)24-14-18-6-2-3-7-19(18)15-31-24/h2-10,12,14-15H,11,13,16-17H2,1H3,(H,33,36,39)(H2,32,34,35,40). The molecule has 7 rings (SSSR count). The summed E-state index contributed by atoms with van der Waals surface area (Å²) in [7, 11) is 2.06. The van der Waals surface area contributed by atoms with Crippen molar-refractivity contribution in [2.45, 2.75) is 19.5 Å². The molecule has 1 aliphatic rings. The van der Waals surface area contributed by atoms with Gasteiger partial charge in [0.25, 0.3) is 11.8 Å². The predicted octanol–water partition coefficient (Wildman–Crippen LogP) is 4.97. The number of imidazole rings is 1. The number of aromatic nitrogens is 5. The second kappa shape index (κ2) is 10.3. The molecule has 10 nitrogen and oxygen atoms in total. The van der Waals surface area contributed by atoms with Crippen LogP contribution >= 0.6 is 11.3 Å². The molecule has 0 spiro atoms. The number of anilines is 2. The van der Waals surface area contributed by atoms with Gasteiger partial charge in [0.2, 0.25) is 5.95 Å². The van der Waals surface area contributed by atoms with E-state index in [1.807, 2.05) is 30.3 Å². The average molecular weight is 563 g/mol. The Hall–Kier alpha value is -4.87. The molecule has 2 amide bonds. The Balaban J connectivity index is 1.06. The van der Waals surface area contributed by atoms with Crippen LogP contribution in [0.15, 0.2) is 73.1 Å². The highest BCUT2D eigenvalue weighted by Gasteiger charge is 2.23. The number of para-hydroxylation sites is 1.